The number of allylic oxidation sites excluding steroid dienone is 1. The van der Waals surface area contributed by atoms with E-state index in [0.717, 1.165) is 33.7 Å². The highest BCUT2D eigenvalue weighted by Crippen LogP contribution is 2.44. The van der Waals surface area contributed by atoms with Crippen molar-refractivity contribution in [2.75, 3.05) is 5.01 Å². The zero-order valence-corrected chi connectivity index (χ0v) is 18.7. The molecule has 2 aliphatic rings. The van der Waals surface area contributed by atoms with E-state index >= 15 is 0 Å². The number of hydrogen-bond acceptors (Lipinski definition) is 6. The number of para-hydroxylation sites is 1. The van der Waals surface area contributed by atoms with E-state index in [9.17, 15) is 5.26 Å². The number of dihydropyridines is 1. The van der Waals surface area contributed by atoms with Gasteiger partial charge in [-0.3, -0.25) is 15.0 Å². The van der Waals surface area contributed by atoms with Gasteiger partial charge in [0.1, 0.15) is 6.07 Å². The van der Waals surface area contributed by atoms with E-state index in [1.54, 1.807) is 18.6 Å². The molecule has 166 valence electrons. The van der Waals surface area contributed by atoms with Crippen LogP contribution in [0.4, 0.5) is 5.69 Å². The van der Waals surface area contributed by atoms with Crippen molar-refractivity contribution >= 4 is 22.7 Å². The Morgan fingerprint density at radius 3 is 1.97 bits per heavy atom. The summed E-state index contributed by atoms with van der Waals surface area (Å²) in [6.45, 7) is 0. The molecule has 2 aromatic heterocycles. The molecule has 4 heterocycles. The van der Waals surface area contributed by atoms with Crippen LogP contribution >= 0.6 is 0 Å². The highest BCUT2D eigenvalue weighted by atomic mass is 15.5. The van der Waals surface area contributed by atoms with E-state index in [2.05, 4.69) is 16.0 Å². The second-order valence-corrected chi connectivity index (χ2v) is 8.28. The molecule has 2 atom stereocenters. The van der Waals surface area contributed by atoms with Gasteiger partial charge in [-0.15, -0.1) is 0 Å². The second kappa shape index (κ2) is 8.81. The average Bonchev–Trinajstić information content (AvgIpc) is 3.33. The molecule has 0 aliphatic carbocycles. The molecule has 6 heteroatoms. The summed E-state index contributed by atoms with van der Waals surface area (Å²) in [7, 11) is 0. The Morgan fingerprint density at radius 1 is 0.714 bits per heavy atom. The molecule has 0 saturated heterocycles. The fraction of sp³-hybridized carbons (Fsp3) is 0.0690. The van der Waals surface area contributed by atoms with Crippen molar-refractivity contribution in [3.63, 3.8) is 0 Å². The van der Waals surface area contributed by atoms with E-state index in [1.807, 2.05) is 96.1 Å². The summed E-state index contributed by atoms with van der Waals surface area (Å²) < 4.78 is 0. The van der Waals surface area contributed by atoms with Gasteiger partial charge in [-0.25, -0.2) is 5.01 Å². The fourth-order valence-electron chi connectivity index (χ4n) is 4.73. The zero-order chi connectivity index (χ0) is 23.6. The largest absolute Gasteiger partial charge is 0.264 e. The molecule has 0 fully saturated rings. The Balaban J connectivity index is 1.63. The van der Waals surface area contributed by atoms with Crippen molar-refractivity contribution in [3.05, 3.63) is 132 Å². The predicted molar refractivity (Wildman–Crippen MR) is 137 cm³/mol. The maximum atomic E-state index is 10.4. The van der Waals surface area contributed by atoms with Crippen LogP contribution in [0.3, 0.4) is 0 Å². The maximum Gasteiger partial charge on any atom is 0.155 e. The molecule has 0 spiro atoms. The molecule has 0 saturated carbocycles. The summed E-state index contributed by atoms with van der Waals surface area (Å²) in [6.07, 6.45) is 6.68. The number of fused-ring (bicyclic) bond motifs is 1. The van der Waals surface area contributed by atoms with Gasteiger partial charge in [-0.05, 0) is 47.5 Å². The van der Waals surface area contributed by atoms with Crippen LogP contribution in [0.2, 0.25) is 0 Å². The molecule has 4 aromatic rings. The van der Waals surface area contributed by atoms with Crippen LogP contribution in [0.1, 0.15) is 16.7 Å². The Bertz CT molecular complexity index is 1490. The summed E-state index contributed by atoms with van der Waals surface area (Å²) in [4.78, 5) is 13.8. The van der Waals surface area contributed by atoms with E-state index in [1.165, 1.54) is 0 Å². The molecule has 6 rings (SSSR count). The van der Waals surface area contributed by atoms with Gasteiger partial charge in [0.25, 0.3) is 0 Å². The lowest BCUT2D eigenvalue weighted by Crippen LogP contribution is -2.37. The molecule has 35 heavy (non-hydrogen) atoms. The minimum absolute atomic E-state index is 0.253. The highest BCUT2D eigenvalue weighted by molar-refractivity contribution is 6.24. The van der Waals surface area contributed by atoms with Crippen LogP contribution < -0.4 is 5.01 Å². The molecule has 2 unspecified atom stereocenters. The van der Waals surface area contributed by atoms with E-state index in [4.69, 9.17) is 10.1 Å². The first-order chi connectivity index (χ1) is 17.3. The van der Waals surface area contributed by atoms with Crippen molar-refractivity contribution in [2.24, 2.45) is 16.0 Å². The summed E-state index contributed by atoms with van der Waals surface area (Å²) in [5.74, 6) is -0.253. The van der Waals surface area contributed by atoms with Gasteiger partial charge in [0.05, 0.1) is 28.6 Å². The van der Waals surface area contributed by atoms with Gasteiger partial charge >= 0.3 is 0 Å². The van der Waals surface area contributed by atoms with Gasteiger partial charge in [0.15, 0.2) is 6.17 Å². The lowest BCUT2D eigenvalue weighted by atomic mass is 9.78. The van der Waals surface area contributed by atoms with Crippen LogP contribution in [0.25, 0.3) is 5.57 Å². The monoisotopic (exact) mass is 452 g/mol. The van der Waals surface area contributed by atoms with E-state index in [-0.39, 0.29) is 12.1 Å². The molecule has 0 N–H and O–H groups in total. The Kier molecular flexibility index (Phi) is 5.21. The maximum absolute atomic E-state index is 10.4. The first-order valence-corrected chi connectivity index (χ1v) is 11.4. The minimum atomic E-state index is -0.366. The smallest absolute Gasteiger partial charge is 0.155 e. The van der Waals surface area contributed by atoms with Crippen LogP contribution in [-0.4, -0.2) is 27.6 Å². The number of anilines is 1. The highest BCUT2D eigenvalue weighted by Gasteiger charge is 2.46. The normalized spacial score (nSPS) is 19.0. The number of pyridine rings is 2. The number of hydrazone groups is 1. The van der Waals surface area contributed by atoms with E-state index < -0.39 is 0 Å². The molecule has 6 nitrogen and oxygen atoms in total. The van der Waals surface area contributed by atoms with Gasteiger partial charge < -0.3 is 0 Å². The Labute approximate surface area is 203 Å². The molecular formula is C29H20N6. The molecule has 0 radical (unpaired) electrons. The fourth-order valence-corrected chi connectivity index (χ4v) is 4.73. The van der Waals surface area contributed by atoms with Crippen molar-refractivity contribution in [1.29, 1.82) is 5.26 Å². The van der Waals surface area contributed by atoms with Crippen molar-refractivity contribution in [3.8, 4) is 6.07 Å². The van der Waals surface area contributed by atoms with E-state index in [0.29, 0.717) is 11.3 Å². The second-order valence-electron chi connectivity index (χ2n) is 8.28. The van der Waals surface area contributed by atoms with Crippen molar-refractivity contribution in [1.82, 2.24) is 9.97 Å². The van der Waals surface area contributed by atoms with Crippen molar-refractivity contribution < 1.29 is 0 Å². The first kappa shape index (κ1) is 20.7. The SMILES string of the molecule is N#CC1=C(c2ccccc2)C2C(c3cccnc3)=NN(c3ccccc3)C2N=C1c1cccnc1. The number of aromatic nitrogens is 2. The summed E-state index contributed by atoms with van der Waals surface area (Å²) in [6, 6.07) is 30.3. The van der Waals surface area contributed by atoms with Crippen LogP contribution in [0.5, 0.6) is 0 Å². The number of benzene rings is 2. The number of nitriles is 1. The van der Waals surface area contributed by atoms with Gasteiger partial charge in [0, 0.05) is 35.9 Å². The molecule has 2 aliphatic heterocycles. The molecule has 2 aromatic carbocycles. The van der Waals surface area contributed by atoms with Crippen LogP contribution in [0, 0.1) is 17.2 Å². The molecule has 0 amide bonds. The van der Waals surface area contributed by atoms with Crippen LogP contribution in [0.15, 0.2) is 125 Å². The minimum Gasteiger partial charge on any atom is -0.264 e. The van der Waals surface area contributed by atoms with Gasteiger partial charge in [0.2, 0.25) is 0 Å². The predicted octanol–water partition coefficient (Wildman–Crippen LogP) is 5.12. The average molecular weight is 453 g/mol. The first-order valence-electron chi connectivity index (χ1n) is 11.4. The third-order valence-corrected chi connectivity index (χ3v) is 6.25. The number of hydrogen-bond donors (Lipinski definition) is 0. The number of rotatable bonds is 4. The third-order valence-electron chi connectivity index (χ3n) is 6.25. The topological polar surface area (TPSA) is 77.5 Å². The summed E-state index contributed by atoms with van der Waals surface area (Å²) in [5.41, 5.74) is 6.54. The standard InChI is InChI=1S/C29H20N6/c30-17-24-25(20-9-3-1-4-10-20)26-28(22-12-8-16-32-19-22)34-35(23-13-5-2-6-14-23)29(26)33-27(24)21-11-7-15-31-18-21/h1-16,18-19,26,29H. The lowest BCUT2D eigenvalue weighted by Gasteiger charge is -2.32. The quantitative estimate of drug-likeness (QED) is 0.430. The van der Waals surface area contributed by atoms with Crippen LogP contribution in [-0.2, 0) is 0 Å². The molecule has 0 bridgehead atoms. The lowest BCUT2D eigenvalue weighted by molar-refractivity contribution is 0.622. The number of aliphatic imine (C=N–C) groups is 1. The zero-order valence-electron chi connectivity index (χ0n) is 18.7. The Morgan fingerprint density at radius 2 is 1.34 bits per heavy atom. The third kappa shape index (κ3) is 3.60. The van der Waals surface area contributed by atoms with Gasteiger partial charge in [-0.1, -0.05) is 48.5 Å². The molecular weight excluding hydrogens is 432 g/mol. The number of nitrogens with zero attached hydrogens (tertiary/aromatic N) is 6. The van der Waals surface area contributed by atoms with Gasteiger partial charge in [-0.2, -0.15) is 10.4 Å². The summed E-state index contributed by atoms with van der Waals surface area (Å²) >= 11 is 0. The Hall–Kier alpha value is -4.89. The van der Waals surface area contributed by atoms with Crippen molar-refractivity contribution in [2.45, 2.75) is 6.17 Å². The summed E-state index contributed by atoms with van der Waals surface area (Å²) in [5, 5.41) is 17.5.